The lowest BCUT2D eigenvalue weighted by Gasteiger charge is -2.10. The van der Waals surface area contributed by atoms with Crippen LogP contribution < -0.4 is 4.74 Å². The summed E-state index contributed by atoms with van der Waals surface area (Å²) >= 11 is 1.40. The molecule has 0 spiro atoms. The molecule has 3 nitrogen and oxygen atoms in total. The summed E-state index contributed by atoms with van der Waals surface area (Å²) in [5.74, 6) is 0.810. The number of aryl methyl sites for hydroxylation is 1. The summed E-state index contributed by atoms with van der Waals surface area (Å²) in [7, 11) is 0. The number of nitrogens with zero attached hydrogens (tertiary/aromatic N) is 2. The van der Waals surface area contributed by atoms with Crippen LogP contribution in [0.5, 0.6) is 11.6 Å². The standard InChI is InChI=1S/C13H11F3N2OS/c1-8-17-11(7-12(18-8)20-2)19-10-5-3-4-9(6-10)13(14,15)16/h3-7H,1-2H3. The maximum atomic E-state index is 12.6. The maximum Gasteiger partial charge on any atom is 0.416 e. The molecule has 20 heavy (non-hydrogen) atoms. The van der Waals surface area contributed by atoms with Crippen LogP contribution >= 0.6 is 11.8 Å². The first-order chi connectivity index (χ1) is 9.38. The predicted octanol–water partition coefficient (Wildman–Crippen LogP) is 4.32. The van der Waals surface area contributed by atoms with Gasteiger partial charge in [0, 0.05) is 6.07 Å². The molecular formula is C13H11F3N2OS. The zero-order chi connectivity index (χ0) is 14.8. The van der Waals surface area contributed by atoms with Crippen molar-refractivity contribution in [2.75, 3.05) is 6.26 Å². The lowest BCUT2D eigenvalue weighted by molar-refractivity contribution is -0.137. The average molecular weight is 300 g/mol. The molecule has 0 saturated heterocycles. The highest BCUT2D eigenvalue weighted by Gasteiger charge is 2.30. The lowest BCUT2D eigenvalue weighted by atomic mass is 10.2. The first-order valence-corrected chi connectivity index (χ1v) is 6.86. The summed E-state index contributed by atoms with van der Waals surface area (Å²) in [5, 5.41) is 0.694. The van der Waals surface area contributed by atoms with Gasteiger partial charge in [0.05, 0.1) is 5.56 Å². The zero-order valence-corrected chi connectivity index (χ0v) is 11.5. The Bertz CT molecular complexity index is 617. The van der Waals surface area contributed by atoms with Crippen molar-refractivity contribution in [1.82, 2.24) is 9.97 Å². The van der Waals surface area contributed by atoms with Crippen LogP contribution in [-0.4, -0.2) is 16.2 Å². The maximum absolute atomic E-state index is 12.6. The first-order valence-electron chi connectivity index (χ1n) is 5.63. The minimum Gasteiger partial charge on any atom is -0.439 e. The Hall–Kier alpha value is -1.76. The van der Waals surface area contributed by atoms with Crippen molar-refractivity contribution in [2.24, 2.45) is 0 Å². The Balaban J connectivity index is 2.28. The third-order valence-corrected chi connectivity index (χ3v) is 3.01. The molecule has 0 bridgehead atoms. The molecular weight excluding hydrogens is 289 g/mol. The Morgan fingerprint density at radius 3 is 2.55 bits per heavy atom. The van der Waals surface area contributed by atoms with Crippen molar-refractivity contribution in [1.29, 1.82) is 0 Å². The number of rotatable bonds is 3. The van der Waals surface area contributed by atoms with Crippen LogP contribution in [-0.2, 0) is 6.18 Å². The summed E-state index contributed by atoms with van der Waals surface area (Å²) in [6.07, 6.45) is -2.55. The number of aromatic nitrogens is 2. The van der Waals surface area contributed by atoms with Crippen LogP contribution in [0.15, 0.2) is 35.4 Å². The van der Waals surface area contributed by atoms with Gasteiger partial charge in [-0.3, -0.25) is 0 Å². The van der Waals surface area contributed by atoms with Gasteiger partial charge in [0.15, 0.2) is 0 Å². The van der Waals surface area contributed by atoms with Gasteiger partial charge in [-0.15, -0.1) is 11.8 Å². The molecule has 0 unspecified atom stereocenters. The SMILES string of the molecule is CSc1cc(Oc2cccc(C(F)(F)F)c2)nc(C)n1. The van der Waals surface area contributed by atoms with Gasteiger partial charge in [-0.1, -0.05) is 6.07 Å². The monoisotopic (exact) mass is 300 g/mol. The topological polar surface area (TPSA) is 35.0 Å². The van der Waals surface area contributed by atoms with Gasteiger partial charge >= 0.3 is 6.18 Å². The number of thioether (sulfide) groups is 1. The molecule has 0 atom stereocenters. The summed E-state index contributed by atoms with van der Waals surface area (Å²) in [4.78, 5) is 8.18. The molecule has 0 fully saturated rings. The van der Waals surface area contributed by atoms with Gasteiger partial charge < -0.3 is 4.74 Å². The summed E-state index contributed by atoms with van der Waals surface area (Å²) < 4.78 is 43.2. The van der Waals surface area contributed by atoms with E-state index in [4.69, 9.17) is 4.74 Å². The van der Waals surface area contributed by atoms with Gasteiger partial charge in [0.25, 0.3) is 0 Å². The minimum atomic E-state index is -4.40. The Labute approximate surface area is 118 Å². The Morgan fingerprint density at radius 1 is 1.15 bits per heavy atom. The van der Waals surface area contributed by atoms with E-state index in [0.29, 0.717) is 10.9 Å². The molecule has 1 heterocycles. The number of benzene rings is 1. The second kappa shape index (κ2) is 5.70. The normalized spacial score (nSPS) is 11.4. The number of ether oxygens (including phenoxy) is 1. The largest absolute Gasteiger partial charge is 0.439 e. The molecule has 2 aromatic rings. The Morgan fingerprint density at radius 2 is 1.90 bits per heavy atom. The fourth-order valence-electron chi connectivity index (χ4n) is 1.53. The molecule has 2 rings (SSSR count). The number of alkyl halides is 3. The van der Waals surface area contributed by atoms with Crippen molar-refractivity contribution < 1.29 is 17.9 Å². The van der Waals surface area contributed by atoms with E-state index in [1.54, 1.807) is 13.0 Å². The molecule has 0 aliphatic heterocycles. The van der Waals surface area contributed by atoms with Crippen LogP contribution in [0.3, 0.4) is 0 Å². The average Bonchev–Trinajstić information content (AvgIpc) is 2.37. The van der Waals surface area contributed by atoms with Crippen LogP contribution in [0.2, 0.25) is 0 Å². The second-order valence-electron chi connectivity index (χ2n) is 3.92. The quantitative estimate of drug-likeness (QED) is 0.624. The van der Waals surface area contributed by atoms with Crippen molar-refractivity contribution in [3.63, 3.8) is 0 Å². The number of halogens is 3. The van der Waals surface area contributed by atoms with E-state index >= 15 is 0 Å². The van der Waals surface area contributed by atoms with E-state index in [0.717, 1.165) is 12.1 Å². The molecule has 0 aliphatic rings. The van der Waals surface area contributed by atoms with Crippen molar-refractivity contribution in [3.8, 4) is 11.6 Å². The number of hydrogen-bond donors (Lipinski definition) is 0. The number of hydrogen-bond acceptors (Lipinski definition) is 4. The van der Waals surface area contributed by atoms with E-state index in [1.807, 2.05) is 6.26 Å². The third-order valence-electron chi connectivity index (χ3n) is 2.38. The summed E-state index contributed by atoms with van der Waals surface area (Å²) in [5.41, 5.74) is -0.758. The van der Waals surface area contributed by atoms with Gasteiger partial charge in [-0.25, -0.2) is 4.98 Å². The lowest BCUT2D eigenvalue weighted by Crippen LogP contribution is -2.04. The smallest absolute Gasteiger partial charge is 0.416 e. The molecule has 0 amide bonds. The highest BCUT2D eigenvalue weighted by atomic mass is 32.2. The van der Waals surface area contributed by atoms with E-state index < -0.39 is 11.7 Å². The van der Waals surface area contributed by atoms with Crippen molar-refractivity contribution >= 4 is 11.8 Å². The van der Waals surface area contributed by atoms with Crippen LogP contribution in [0, 0.1) is 6.92 Å². The molecule has 106 valence electrons. The van der Waals surface area contributed by atoms with E-state index in [1.165, 1.54) is 23.9 Å². The molecule has 7 heteroatoms. The first kappa shape index (κ1) is 14.6. The molecule has 0 aliphatic carbocycles. The van der Waals surface area contributed by atoms with Gasteiger partial charge in [-0.05, 0) is 31.4 Å². The highest BCUT2D eigenvalue weighted by molar-refractivity contribution is 7.98. The third kappa shape index (κ3) is 3.63. The van der Waals surface area contributed by atoms with Gasteiger partial charge in [-0.2, -0.15) is 18.2 Å². The zero-order valence-electron chi connectivity index (χ0n) is 10.7. The van der Waals surface area contributed by atoms with Crippen LogP contribution in [0.4, 0.5) is 13.2 Å². The van der Waals surface area contributed by atoms with Crippen molar-refractivity contribution in [3.05, 3.63) is 41.7 Å². The predicted molar refractivity (Wildman–Crippen MR) is 70.1 cm³/mol. The molecule has 0 saturated carbocycles. The van der Waals surface area contributed by atoms with E-state index in [9.17, 15) is 13.2 Å². The fraction of sp³-hybridized carbons (Fsp3) is 0.231. The van der Waals surface area contributed by atoms with E-state index in [2.05, 4.69) is 9.97 Å². The van der Waals surface area contributed by atoms with Crippen molar-refractivity contribution in [2.45, 2.75) is 18.1 Å². The molecule has 0 N–H and O–H groups in total. The Kier molecular flexibility index (Phi) is 4.17. The van der Waals surface area contributed by atoms with E-state index in [-0.39, 0.29) is 11.6 Å². The van der Waals surface area contributed by atoms with Gasteiger partial charge in [0.1, 0.15) is 16.6 Å². The molecule has 1 aromatic carbocycles. The highest BCUT2D eigenvalue weighted by Crippen LogP contribution is 2.32. The van der Waals surface area contributed by atoms with Crippen LogP contribution in [0.1, 0.15) is 11.4 Å². The molecule has 0 radical (unpaired) electrons. The second-order valence-corrected chi connectivity index (χ2v) is 4.75. The summed E-state index contributed by atoms with van der Waals surface area (Å²) in [6.45, 7) is 1.69. The van der Waals surface area contributed by atoms with Gasteiger partial charge in [0.2, 0.25) is 5.88 Å². The minimum absolute atomic E-state index is 0.0879. The summed E-state index contributed by atoms with van der Waals surface area (Å²) in [6, 6.07) is 6.26. The van der Waals surface area contributed by atoms with Crippen LogP contribution in [0.25, 0.3) is 0 Å². The fourth-order valence-corrected chi connectivity index (χ4v) is 1.97. The molecule has 1 aromatic heterocycles.